The Balaban J connectivity index is 1.57. The van der Waals surface area contributed by atoms with E-state index in [2.05, 4.69) is 61.5 Å². The zero-order chi connectivity index (χ0) is 22.7. The Labute approximate surface area is 192 Å². The summed E-state index contributed by atoms with van der Waals surface area (Å²) in [7, 11) is 0. The monoisotopic (exact) mass is 426 g/mol. The van der Waals surface area contributed by atoms with E-state index >= 15 is 0 Å². The highest BCUT2D eigenvalue weighted by atomic mass is 16.3. The van der Waals surface area contributed by atoms with Crippen molar-refractivity contribution in [3.05, 3.63) is 11.6 Å². The van der Waals surface area contributed by atoms with Crippen LogP contribution in [0.15, 0.2) is 11.6 Å². The SMILES string of the molecule is CC1(C)CC[C@]2(C)CC[C@@]3(C)C(=CC[C@H]4[C@@]5(C)CC[C@@H](O)C(C)(C)[C@@H]5CC[C@]43C)[C@H]2C1. The molecule has 0 heterocycles. The van der Waals surface area contributed by atoms with E-state index in [1.54, 1.807) is 0 Å². The van der Waals surface area contributed by atoms with Crippen LogP contribution in [-0.4, -0.2) is 11.2 Å². The van der Waals surface area contributed by atoms with E-state index in [1.165, 1.54) is 57.8 Å². The van der Waals surface area contributed by atoms with Crippen LogP contribution >= 0.6 is 0 Å². The minimum absolute atomic E-state index is 0.0533. The van der Waals surface area contributed by atoms with Gasteiger partial charge >= 0.3 is 0 Å². The second-order valence-electron chi connectivity index (χ2n) is 15.2. The molecule has 31 heavy (non-hydrogen) atoms. The fourth-order valence-corrected chi connectivity index (χ4v) is 10.5. The smallest absolute Gasteiger partial charge is 0.0594 e. The summed E-state index contributed by atoms with van der Waals surface area (Å²) in [5.74, 6) is 2.21. The van der Waals surface area contributed by atoms with E-state index in [1.807, 2.05) is 5.57 Å². The zero-order valence-corrected chi connectivity index (χ0v) is 21.9. The third kappa shape index (κ3) is 2.77. The number of allylic oxidation sites excluding steroid dienone is 2. The molecule has 5 aliphatic rings. The highest BCUT2D eigenvalue weighted by molar-refractivity contribution is 5.33. The predicted octanol–water partition coefficient (Wildman–Crippen LogP) is 8.17. The average Bonchev–Trinajstić information content (AvgIpc) is 2.67. The lowest BCUT2D eigenvalue weighted by atomic mass is 9.33. The second kappa shape index (κ2) is 6.43. The molecule has 0 aliphatic heterocycles. The summed E-state index contributed by atoms with van der Waals surface area (Å²) in [6.07, 6.45) is 15.9. The Morgan fingerprint density at radius 2 is 1.45 bits per heavy atom. The van der Waals surface area contributed by atoms with Crippen LogP contribution in [0.5, 0.6) is 0 Å². The van der Waals surface area contributed by atoms with Gasteiger partial charge in [0.25, 0.3) is 0 Å². The molecule has 0 aromatic rings. The van der Waals surface area contributed by atoms with Crippen molar-refractivity contribution in [2.24, 2.45) is 50.2 Å². The van der Waals surface area contributed by atoms with E-state index in [-0.39, 0.29) is 11.5 Å². The molecule has 1 nitrogen and oxygen atoms in total. The van der Waals surface area contributed by atoms with Gasteiger partial charge in [0.05, 0.1) is 6.10 Å². The highest BCUT2D eigenvalue weighted by Crippen LogP contribution is 2.75. The lowest BCUT2D eigenvalue weighted by Crippen LogP contribution is -2.64. The molecule has 176 valence electrons. The lowest BCUT2D eigenvalue weighted by Gasteiger charge is -2.71. The molecule has 5 rings (SSSR count). The predicted molar refractivity (Wildman–Crippen MR) is 131 cm³/mol. The minimum atomic E-state index is -0.125. The van der Waals surface area contributed by atoms with Gasteiger partial charge in [-0.2, -0.15) is 0 Å². The molecule has 0 aromatic carbocycles. The van der Waals surface area contributed by atoms with Crippen LogP contribution in [0, 0.1) is 50.2 Å². The summed E-state index contributed by atoms with van der Waals surface area (Å²) in [6.45, 7) is 20.4. The topological polar surface area (TPSA) is 20.2 Å². The molecule has 0 unspecified atom stereocenters. The molecule has 1 N–H and O–H groups in total. The Morgan fingerprint density at radius 3 is 2.16 bits per heavy atom. The number of hydrogen-bond acceptors (Lipinski definition) is 1. The van der Waals surface area contributed by atoms with E-state index in [0.717, 1.165) is 18.3 Å². The van der Waals surface area contributed by atoms with Crippen LogP contribution in [0.4, 0.5) is 0 Å². The summed E-state index contributed by atoms with van der Waals surface area (Å²) >= 11 is 0. The average molecular weight is 427 g/mol. The summed E-state index contributed by atoms with van der Waals surface area (Å²) < 4.78 is 0. The first-order chi connectivity index (χ1) is 14.2. The number of aliphatic hydroxyl groups excluding tert-OH is 1. The van der Waals surface area contributed by atoms with Gasteiger partial charge in [-0.3, -0.25) is 0 Å². The summed E-state index contributed by atoms with van der Waals surface area (Å²) in [4.78, 5) is 0. The van der Waals surface area contributed by atoms with Crippen molar-refractivity contribution >= 4 is 0 Å². The molecular weight excluding hydrogens is 376 g/mol. The normalized spacial score (nSPS) is 55.2. The van der Waals surface area contributed by atoms with Gasteiger partial charge in [0, 0.05) is 0 Å². The van der Waals surface area contributed by atoms with Gasteiger partial charge in [0.2, 0.25) is 0 Å². The van der Waals surface area contributed by atoms with E-state index in [9.17, 15) is 5.11 Å². The van der Waals surface area contributed by atoms with Crippen LogP contribution in [0.2, 0.25) is 0 Å². The standard InChI is InChI=1S/C30H50O/c1-25(2)15-16-27(5)17-18-29(7)20(21(27)19-25)9-10-23-28(6)13-12-24(31)26(3,4)22(28)11-14-30(23,29)8/h9,21-24,31H,10-19H2,1-8H3/t21-,22+,23+,24-,27-,28+,29+,30-/m1/s1. The van der Waals surface area contributed by atoms with Gasteiger partial charge in [-0.1, -0.05) is 67.0 Å². The summed E-state index contributed by atoms with van der Waals surface area (Å²) in [5, 5.41) is 10.9. The molecule has 0 spiro atoms. The molecule has 0 aromatic heterocycles. The largest absolute Gasteiger partial charge is 0.393 e. The van der Waals surface area contributed by atoms with Crippen molar-refractivity contribution in [3.63, 3.8) is 0 Å². The third-order valence-electron chi connectivity index (χ3n) is 13.0. The molecule has 1 heteroatoms. The number of rotatable bonds is 0. The second-order valence-corrected chi connectivity index (χ2v) is 15.2. The van der Waals surface area contributed by atoms with Gasteiger partial charge in [-0.15, -0.1) is 0 Å². The number of fused-ring (bicyclic) bond motifs is 7. The van der Waals surface area contributed by atoms with Gasteiger partial charge < -0.3 is 5.11 Å². The molecule has 0 radical (unpaired) electrons. The first-order valence-electron chi connectivity index (χ1n) is 13.6. The van der Waals surface area contributed by atoms with Crippen molar-refractivity contribution in [3.8, 4) is 0 Å². The van der Waals surface area contributed by atoms with Gasteiger partial charge in [0.15, 0.2) is 0 Å². The van der Waals surface area contributed by atoms with Crippen molar-refractivity contribution in [2.45, 2.75) is 126 Å². The Bertz CT molecular complexity index is 790. The molecule has 8 atom stereocenters. The van der Waals surface area contributed by atoms with Crippen LogP contribution in [-0.2, 0) is 0 Å². The van der Waals surface area contributed by atoms with Crippen LogP contribution < -0.4 is 0 Å². The summed E-state index contributed by atoms with van der Waals surface area (Å²) in [5.41, 5.74) is 4.09. The van der Waals surface area contributed by atoms with Crippen molar-refractivity contribution in [1.29, 1.82) is 0 Å². The molecule has 4 fully saturated rings. The fourth-order valence-electron chi connectivity index (χ4n) is 10.5. The first-order valence-corrected chi connectivity index (χ1v) is 13.6. The highest BCUT2D eigenvalue weighted by Gasteiger charge is 2.67. The molecule has 5 aliphatic carbocycles. The van der Waals surface area contributed by atoms with Crippen molar-refractivity contribution in [1.82, 2.24) is 0 Å². The van der Waals surface area contributed by atoms with E-state index in [4.69, 9.17) is 0 Å². The van der Waals surface area contributed by atoms with Gasteiger partial charge in [-0.05, 0) is 114 Å². The van der Waals surface area contributed by atoms with Crippen molar-refractivity contribution in [2.75, 3.05) is 0 Å². The Morgan fingerprint density at radius 1 is 0.774 bits per heavy atom. The zero-order valence-electron chi connectivity index (χ0n) is 21.9. The maximum atomic E-state index is 10.9. The van der Waals surface area contributed by atoms with Crippen LogP contribution in [0.25, 0.3) is 0 Å². The third-order valence-corrected chi connectivity index (χ3v) is 13.0. The van der Waals surface area contributed by atoms with Crippen LogP contribution in [0.1, 0.15) is 120 Å². The Kier molecular flexibility index (Phi) is 4.66. The van der Waals surface area contributed by atoms with Gasteiger partial charge in [-0.25, -0.2) is 0 Å². The summed E-state index contributed by atoms with van der Waals surface area (Å²) in [6, 6.07) is 0. The Hall–Kier alpha value is -0.300. The van der Waals surface area contributed by atoms with Crippen LogP contribution in [0.3, 0.4) is 0 Å². The lowest BCUT2D eigenvalue weighted by molar-refractivity contribution is -0.202. The molecular formula is C30H50O. The molecule has 0 amide bonds. The minimum Gasteiger partial charge on any atom is -0.393 e. The van der Waals surface area contributed by atoms with Crippen molar-refractivity contribution < 1.29 is 5.11 Å². The quantitative estimate of drug-likeness (QED) is 0.387. The van der Waals surface area contributed by atoms with E-state index in [0.29, 0.717) is 33.0 Å². The number of hydrogen-bond donors (Lipinski definition) is 1. The number of aliphatic hydroxyl groups is 1. The molecule has 0 bridgehead atoms. The maximum absolute atomic E-state index is 10.9. The first kappa shape index (κ1) is 22.5. The van der Waals surface area contributed by atoms with Gasteiger partial charge in [0.1, 0.15) is 0 Å². The van der Waals surface area contributed by atoms with E-state index < -0.39 is 0 Å². The fraction of sp³-hybridized carbons (Fsp3) is 0.933. The maximum Gasteiger partial charge on any atom is 0.0594 e. The molecule has 4 saturated carbocycles. The molecule has 0 saturated heterocycles.